The Bertz CT molecular complexity index is 861. The van der Waals surface area contributed by atoms with Crippen LogP contribution in [0.5, 0.6) is 0 Å². The SMILES string of the molecule is CCCCNC(=O)NC(=O)CSc1nnc(-c2cc3c(s2)CCC(CC)C3)n1C. The van der Waals surface area contributed by atoms with Crippen molar-refractivity contribution in [3.63, 3.8) is 0 Å². The van der Waals surface area contributed by atoms with Crippen molar-refractivity contribution in [1.82, 2.24) is 25.4 Å². The molecular formula is C20H29N5O2S2. The monoisotopic (exact) mass is 435 g/mol. The van der Waals surface area contributed by atoms with E-state index in [4.69, 9.17) is 0 Å². The molecule has 3 amide bonds. The van der Waals surface area contributed by atoms with Crippen LogP contribution in [-0.4, -0.2) is 39.0 Å². The molecule has 0 fully saturated rings. The molecule has 7 nitrogen and oxygen atoms in total. The third-order valence-corrected chi connectivity index (χ3v) is 7.47. The number of carbonyl (C=O) groups is 2. The Morgan fingerprint density at radius 3 is 2.93 bits per heavy atom. The number of carbonyl (C=O) groups excluding carboxylic acids is 2. The highest BCUT2D eigenvalue weighted by Gasteiger charge is 2.22. The molecule has 0 saturated carbocycles. The highest BCUT2D eigenvalue weighted by molar-refractivity contribution is 7.99. The highest BCUT2D eigenvalue weighted by Crippen LogP contribution is 2.37. The van der Waals surface area contributed by atoms with Crippen LogP contribution >= 0.6 is 23.1 Å². The molecule has 1 atom stereocenters. The van der Waals surface area contributed by atoms with Gasteiger partial charge in [-0.15, -0.1) is 21.5 Å². The average Bonchev–Trinajstić information content (AvgIpc) is 3.28. The number of nitrogens with one attached hydrogen (secondary N) is 2. The van der Waals surface area contributed by atoms with Gasteiger partial charge in [0.2, 0.25) is 5.91 Å². The first-order chi connectivity index (χ1) is 14.0. The minimum atomic E-state index is -0.447. The number of nitrogens with zero attached hydrogens (tertiary/aromatic N) is 3. The van der Waals surface area contributed by atoms with Gasteiger partial charge in [0.25, 0.3) is 0 Å². The number of aromatic nitrogens is 3. The number of aryl methyl sites for hydroxylation is 1. The van der Waals surface area contributed by atoms with E-state index in [0.29, 0.717) is 11.7 Å². The quantitative estimate of drug-likeness (QED) is 0.487. The number of hydrogen-bond donors (Lipinski definition) is 2. The average molecular weight is 436 g/mol. The van der Waals surface area contributed by atoms with E-state index in [1.54, 1.807) is 11.3 Å². The molecule has 0 aromatic carbocycles. The van der Waals surface area contributed by atoms with Crippen LogP contribution in [0.1, 0.15) is 50.0 Å². The molecule has 2 aromatic heterocycles. The summed E-state index contributed by atoms with van der Waals surface area (Å²) >= 11 is 3.09. The number of rotatable bonds is 8. The zero-order chi connectivity index (χ0) is 20.8. The molecule has 2 aromatic rings. The summed E-state index contributed by atoms with van der Waals surface area (Å²) in [5.74, 6) is 1.39. The summed E-state index contributed by atoms with van der Waals surface area (Å²) in [4.78, 5) is 26.2. The number of unbranched alkanes of at least 4 members (excludes halogenated alkanes) is 1. The molecule has 1 aliphatic carbocycles. The van der Waals surface area contributed by atoms with Gasteiger partial charge in [-0.2, -0.15) is 0 Å². The van der Waals surface area contributed by atoms with Crippen LogP contribution in [0, 0.1) is 5.92 Å². The minimum absolute atomic E-state index is 0.117. The largest absolute Gasteiger partial charge is 0.338 e. The first-order valence-electron chi connectivity index (χ1n) is 10.2. The Kier molecular flexibility index (Phi) is 7.71. The molecule has 0 aliphatic heterocycles. The van der Waals surface area contributed by atoms with E-state index < -0.39 is 6.03 Å². The molecule has 2 N–H and O–H groups in total. The lowest BCUT2D eigenvalue weighted by molar-refractivity contribution is -0.117. The predicted octanol–water partition coefficient (Wildman–Crippen LogP) is 3.78. The molecule has 1 unspecified atom stereocenters. The highest BCUT2D eigenvalue weighted by atomic mass is 32.2. The van der Waals surface area contributed by atoms with Crippen molar-refractivity contribution < 1.29 is 9.59 Å². The Morgan fingerprint density at radius 2 is 2.17 bits per heavy atom. The van der Waals surface area contributed by atoms with Crippen molar-refractivity contribution in [2.75, 3.05) is 12.3 Å². The second kappa shape index (κ2) is 10.2. The lowest BCUT2D eigenvalue weighted by atomic mass is 9.87. The summed E-state index contributed by atoms with van der Waals surface area (Å²) < 4.78 is 1.92. The van der Waals surface area contributed by atoms with Gasteiger partial charge in [0.1, 0.15) is 0 Å². The molecule has 0 radical (unpaired) electrons. The molecule has 158 valence electrons. The fourth-order valence-corrected chi connectivity index (χ4v) is 5.37. The van der Waals surface area contributed by atoms with Gasteiger partial charge in [0.15, 0.2) is 11.0 Å². The van der Waals surface area contributed by atoms with E-state index in [-0.39, 0.29) is 11.7 Å². The summed E-state index contributed by atoms with van der Waals surface area (Å²) in [5, 5.41) is 14.3. The lowest BCUT2D eigenvalue weighted by Crippen LogP contribution is -2.40. The summed E-state index contributed by atoms with van der Waals surface area (Å²) in [6, 6.07) is 1.81. The summed E-state index contributed by atoms with van der Waals surface area (Å²) in [7, 11) is 1.92. The van der Waals surface area contributed by atoms with E-state index in [1.165, 1.54) is 35.0 Å². The van der Waals surface area contributed by atoms with Gasteiger partial charge in [0.05, 0.1) is 10.6 Å². The number of hydrogen-bond acceptors (Lipinski definition) is 6. The van der Waals surface area contributed by atoms with E-state index in [0.717, 1.165) is 42.3 Å². The molecule has 0 spiro atoms. The van der Waals surface area contributed by atoms with Gasteiger partial charge in [-0.25, -0.2) is 4.79 Å². The third kappa shape index (κ3) is 5.60. The molecule has 0 saturated heterocycles. The zero-order valence-electron chi connectivity index (χ0n) is 17.3. The van der Waals surface area contributed by atoms with Crippen molar-refractivity contribution in [1.29, 1.82) is 0 Å². The van der Waals surface area contributed by atoms with Crippen LogP contribution < -0.4 is 10.6 Å². The van der Waals surface area contributed by atoms with Crippen molar-refractivity contribution in [2.45, 2.75) is 57.5 Å². The van der Waals surface area contributed by atoms with Gasteiger partial charge in [-0.05, 0) is 43.2 Å². The number of amides is 3. The van der Waals surface area contributed by atoms with E-state index in [1.807, 2.05) is 18.5 Å². The maximum Gasteiger partial charge on any atom is 0.321 e. The summed E-state index contributed by atoms with van der Waals surface area (Å²) in [6.45, 7) is 4.88. The van der Waals surface area contributed by atoms with E-state index in [9.17, 15) is 9.59 Å². The minimum Gasteiger partial charge on any atom is -0.338 e. The number of imide groups is 1. The van der Waals surface area contributed by atoms with Gasteiger partial charge in [0, 0.05) is 18.5 Å². The lowest BCUT2D eigenvalue weighted by Gasteiger charge is -2.19. The Morgan fingerprint density at radius 1 is 1.34 bits per heavy atom. The molecular weight excluding hydrogens is 406 g/mol. The van der Waals surface area contributed by atoms with Crippen molar-refractivity contribution in [3.05, 3.63) is 16.5 Å². The number of fused-ring (bicyclic) bond motifs is 1. The van der Waals surface area contributed by atoms with Crippen molar-refractivity contribution >= 4 is 35.0 Å². The Labute approximate surface area is 180 Å². The van der Waals surface area contributed by atoms with Crippen LogP contribution in [0.25, 0.3) is 10.7 Å². The first kappa shape index (κ1) is 21.8. The number of urea groups is 1. The topological polar surface area (TPSA) is 88.9 Å². The van der Waals surface area contributed by atoms with Crippen LogP contribution in [0.4, 0.5) is 4.79 Å². The number of thiophene rings is 1. The van der Waals surface area contributed by atoms with Crippen LogP contribution in [0.15, 0.2) is 11.2 Å². The normalized spacial score (nSPS) is 15.8. The standard InChI is InChI=1S/C20H29N5O2S2/c1-4-6-9-21-19(27)22-17(26)12-28-20-24-23-18(25(20)3)16-11-14-10-13(5-2)7-8-15(14)29-16/h11,13H,4-10,12H2,1-3H3,(H2,21,22,26,27). The second-order valence-electron chi connectivity index (χ2n) is 7.39. The molecule has 1 aliphatic rings. The zero-order valence-corrected chi connectivity index (χ0v) is 18.9. The Balaban J connectivity index is 1.57. The van der Waals surface area contributed by atoms with Crippen molar-refractivity contribution in [2.24, 2.45) is 13.0 Å². The molecule has 29 heavy (non-hydrogen) atoms. The Hall–Kier alpha value is -1.87. The van der Waals surface area contributed by atoms with Gasteiger partial charge < -0.3 is 9.88 Å². The van der Waals surface area contributed by atoms with E-state index >= 15 is 0 Å². The van der Waals surface area contributed by atoms with Gasteiger partial charge >= 0.3 is 6.03 Å². The second-order valence-corrected chi connectivity index (χ2v) is 9.47. The summed E-state index contributed by atoms with van der Waals surface area (Å²) in [6.07, 6.45) is 6.69. The predicted molar refractivity (Wildman–Crippen MR) is 117 cm³/mol. The fraction of sp³-hybridized carbons (Fsp3) is 0.600. The maximum atomic E-state index is 12.0. The van der Waals surface area contributed by atoms with Gasteiger partial charge in [-0.1, -0.05) is 38.5 Å². The summed E-state index contributed by atoms with van der Waals surface area (Å²) in [5.41, 5.74) is 1.45. The van der Waals surface area contributed by atoms with Crippen LogP contribution in [0.3, 0.4) is 0 Å². The molecule has 3 rings (SSSR count). The third-order valence-electron chi connectivity index (χ3n) is 5.22. The maximum absolute atomic E-state index is 12.0. The smallest absolute Gasteiger partial charge is 0.321 e. The molecule has 2 heterocycles. The number of thioether (sulfide) groups is 1. The fourth-order valence-electron chi connectivity index (χ4n) is 3.43. The van der Waals surface area contributed by atoms with E-state index in [2.05, 4.69) is 33.8 Å². The van der Waals surface area contributed by atoms with Crippen LogP contribution in [-0.2, 0) is 24.7 Å². The molecule has 9 heteroatoms. The first-order valence-corrected chi connectivity index (χ1v) is 12.0. The molecule has 0 bridgehead atoms. The van der Waals surface area contributed by atoms with Gasteiger partial charge in [-0.3, -0.25) is 10.1 Å². The van der Waals surface area contributed by atoms with Crippen molar-refractivity contribution in [3.8, 4) is 10.7 Å². The van der Waals surface area contributed by atoms with Crippen LogP contribution in [0.2, 0.25) is 0 Å².